The summed E-state index contributed by atoms with van der Waals surface area (Å²) in [5.74, 6) is 0. The smallest absolute Gasteiger partial charge is 1.00 e. The van der Waals surface area contributed by atoms with E-state index in [2.05, 4.69) is 61.3 Å². The summed E-state index contributed by atoms with van der Waals surface area (Å²) < 4.78 is 0. The van der Waals surface area contributed by atoms with Crippen molar-refractivity contribution in [3.8, 4) is 0 Å². The van der Waals surface area contributed by atoms with E-state index < -0.39 is 0 Å². The molecule has 19 heavy (non-hydrogen) atoms. The fourth-order valence-corrected chi connectivity index (χ4v) is 3.96. The predicted molar refractivity (Wildman–Crippen MR) is 72.5 cm³/mol. The van der Waals surface area contributed by atoms with E-state index in [4.69, 9.17) is 0 Å². The van der Waals surface area contributed by atoms with Crippen LogP contribution in [-0.4, -0.2) is 6.66 Å². The molecule has 0 saturated heterocycles. The molecule has 0 bridgehead atoms. The number of rotatable bonds is 2. The van der Waals surface area contributed by atoms with Gasteiger partial charge in [0.15, 0.2) is 0 Å². The Morgan fingerprint density at radius 1 is 1.16 bits per heavy atom. The summed E-state index contributed by atoms with van der Waals surface area (Å²) >= 11 is 0. The molecule has 1 aliphatic carbocycles. The molecule has 0 spiro atoms. The molecule has 0 fully saturated rings. The van der Waals surface area contributed by atoms with Gasteiger partial charge in [0.25, 0.3) is 0 Å². The minimum absolute atomic E-state index is 0. The Hall–Kier alpha value is -0.517. The molecule has 0 radical (unpaired) electrons. The van der Waals surface area contributed by atoms with Crippen LogP contribution in [0.3, 0.4) is 0 Å². The zero-order chi connectivity index (χ0) is 11.0. The van der Waals surface area contributed by atoms with Crippen LogP contribution in [-0.2, 0) is 26.2 Å². The van der Waals surface area contributed by atoms with Gasteiger partial charge >= 0.3 is 26.2 Å². The van der Waals surface area contributed by atoms with E-state index in [1.165, 1.54) is 21.4 Å². The molecule has 0 amide bonds. The molecule has 1 aliphatic rings. The second-order valence-corrected chi connectivity index (χ2v) is 6.11. The SMILES string of the molecule is CP(C1=[C-]CC=C1)[c-]1ccc2ccccc21.[F-].[F-].[Zr+4]. The normalized spacial score (nSPS) is 14.1. The molecule has 3 rings (SSSR count). The molecule has 4 heteroatoms. The van der Waals surface area contributed by atoms with Gasteiger partial charge in [-0.2, -0.15) is 12.1 Å². The van der Waals surface area contributed by atoms with Gasteiger partial charge in [-0.05, 0) is 6.66 Å². The summed E-state index contributed by atoms with van der Waals surface area (Å²) in [5.41, 5.74) is 0. The number of allylic oxidation sites excluding steroid dienone is 4. The van der Waals surface area contributed by atoms with E-state index in [0.717, 1.165) is 6.42 Å². The van der Waals surface area contributed by atoms with E-state index in [9.17, 15) is 0 Å². The largest absolute Gasteiger partial charge is 4.00 e. The predicted octanol–water partition coefficient (Wildman–Crippen LogP) is -2.05. The Labute approximate surface area is 132 Å². The van der Waals surface area contributed by atoms with Crippen molar-refractivity contribution in [3.05, 3.63) is 59.9 Å². The van der Waals surface area contributed by atoms with E-state index >= 15 is 0 Å². The van der Waals surface area contributed by atoms with Gasteiger partial charge in [-0.15, -0.1) is 54.7 Å². The first kappa shape index (κ1) is 18.5. The van der Waals surface area contributed by atoms with E-state index in [0.29, 0.717) is 0 Å². The standard InChI is InChI=1S/C15H13P.2FH.Zr/c1-16(13-7-3-4-8-13)15-11-10-12-6-2-5-9-14(12)15;;;/h2-3,5-7,9-11H,4H2,1H3;2*1H;/q-2;;;+4/p-2. The number of fused-ring (bicyclic) bond motifs is 1. The Morgan fingerprint density at radius 3 is 2.58 bits per heavy atom. The molecule has 0 aliphatic heterocycles. The van der Waals surface area contributed by atoms with E-state index in [-0.39, 0.29) is 43.5 Å². The van der Waals surface area contributed by atoms with Crippen molar-refractivity contribution in [2.75, 3.05) is 6.66 Å². The first-order chi connectivity index (χ1) is 7.86. The average molecular weight is 353 g/mol. The van der Waals surface area contributed by atoms with Crippen LogP contribution in [0.2, 0.25) is 0 Å². The second kappa shape index (κ2) is 7.92. The molecular formula is C15H13F2PZr. The Kier molecular flexibility index (Phi) is 7.71. The Bertz CT molecular complexity index is 587. The van der Waals surface area contributed by atoms with Gasteiger partial charge in [-0.3, -0.25) is 6.08 Å². The maximum absolute atomic E-state index is 3.44. The van der Waals surface area contributed by atoms with Gasteiger partial charge in [-0.1, -0.05) is 6.07 Å². The molecule has 96 valence electrons. The number of hydrogen-bond acceptors (Lipinski definition) is 0. The molecule has 0 heterocycles. The van der Waals surface area contributed by atoms with Crippen molar-refractivity contribution < 1.29 is 35.6 Å². The van der Waals surface area contributed by atoms with Gasteiger partial charge in [0.1, 0.15) is 0 Å². The molecule has 0 nitrogen and oxygen atoms in total. The molecule has 2 aromatic rings. The van der Waals surface area contributed by atoms with Gasteiger partial charge < -0.3 is 9.41 Å². The van der Waals surface area contributed by atoms with Crippen LogP contribution in [0.15, 0.2) is 53.9 Å². The summed E-state index contributed by atoms with van der Waals surface area (Å²) in [5, 5.41) is 5.64. The average Bonchev–Trinajstić information content (AvgIpc) is 2.98. The third-order valence-corrected chi connectivity index (χ3v) is 5.20. The fourth-order valence-electron chi connectivity index (χ4n) is 2.18. The molecule has 0 N–H and O–H groups in total. The molecule has 1 unspecified atom stereocenters. The molecule has 2 aromatic carbocycles. The third-order valence-electron chi connectivity index (χ3n) is 3.06. The Morgan fingerprint density at radius 2 is 1.89 bits per heavy atom. The zero-order valence-electron chi connectivity index (χ0n) is 10.5. The molecule has 0 saturated carbocycles. The van der Waals surface area contributed by atoms with Crippen molar-refractivity contribution >= 4 is 24.0 Å². The van der Waals surface area contributed by atoms with Gasteiger partial charge in [-0.25, -0.2) is 11.4 Å². The van der Waals surface area contributed by atoms with Crippen LogP contribution in [0.1, 0.15) is 6.42 Å². The maximum Gasteiger partial charge on any atom is 4.00 e. The number of hydrogen-bond donors (Lipinski definition) is 0. The topological polar surface area (TPSA) is 0 Å². The summed E-state index contributed by atoms with van der Waals surface area (Å²) in [6.07, 6.45) is 8.85. The zero-order valence-corrected chi connectivity index (χ0v) is 13.9. The Balaban J connectivity index is 0.00000108. The minimum Gasteiger partial charge on any atom is -1.00 e. The van der Waals surface area contributed by atoms with Gasteiger partial charge in [0, 0.05) is 0 Å². The van der Waals surface area contributed by atoms with Gasteiger partial charge in [0.2, 0.25) is 0 Å². The monoisotopic (exact) mass is 352 g/mol. The number of halogens is 2. The molecule has 1 atom stereocenters. The van der Waals surface area contributed by atoms with Gasteiger partial charge in [0.05, 0.1) is 0 Å². The van der Waals surface area contributed by atoms with E-state index in [1.807, 2.05) is 0 Å². The van der Waals surface area contributed by atoms with Crippen LogP contribution in [0.5, 0.6) is 0 Å². The summed E-state index contributed by atoms with van der Waals surface area (Å²) in [4.78, 5) is 0. The van der Waals surface area contributed by atoms with Crippen molar-refractivity contribution in [3.63, 3.8) is 0 Å². The first-order valence-electron chi connectivity index (χ1n) is 5.52. The summed E-state index contributed by atoms with van der Waals surface area (Å²) in [7, 11) is -0.221. The summed E-state index contributed by atoms with van der Waals surface area (Å²) in [6.45, 7) is 2.33. The second-order valence-electron chi connectivity index (χ2n) is 4.03. The van der Waals surface area contributed by atoms with Crippen LogP contribution in [0, 0.1) is 6.08 Å². The number of benzene rings is 1. The maximum atomic E-state index is 3.44. The van der Waals surface area contributed by atoms with E-state index in [1.54, 1.807) is 0 Å². The summed E-state index contributed by atoms with van der Waals surface area (Å²) in [6, 6.07) is 13.1. The van der Waals surface area contributed by atoms with Crippen molar-refractivity contribution in [1.82, 2.24) is 0 Å². The fraction of sp³-hybridized carbons (Fsp3) is 0.133. The van der Waals surface area contributed by atoms with Crippen molar-refractivity contribution in [1.29, 1.82) is 0 Å². The molecular weight excluding hydrogens is 340 g/mol. The third kappa shape index (κ3) is 3.52. The van der Waals surface area contributed by atoms with Crippen molar-refractivity contribution in [2.24, 2.45) is 0 Å². The van der Waals surface area contributed by atoms with Crippen LogP contribution < -0.4 is 14.7 Å². The minimum atomic E-state index is -0.221. The first-order valence-corrected chi connectivity index (χ1v) is 7.31. The molecule has 0 aromatic heterocycles. The van der Waals surface area contributed by atoms with Crippen LogP contribution >= 0.6 is 7.92 Å². The van der Waals surface area contributed by atoms with Crippen molar-refractivity contribution in [2.45, 2.75) is 6.42 Å². The van der Waals surface area contributed by atoms with Crippen LogP contribution in [0.25, 0.3) is 10.8 Å². The quantitative estimate of drug-likeness (QED) is 0.431. The van der Waals surface area contributed by atoms with Crippen LogP contribution in [0.4, 0.5) is 0 Å².